The molecule has 116 valence electrons. The molecule has 0 bridgehead atoms. The van der Waals surface area contributed by atoms with Crippen LogP contribution in [0.25, 0.3) is 22.8 Å². The minimum atomic E-state index is -0.379. The number of pyridine rings is 2. The molecule has 0 aliphatic carbocycles. The Bertz CT molecular complexity index is 716. The first kappa shape index (κ1) is 15.2. The lowest BCUT2D eigenvalue weighted by molar-refractivity contribution is 0.574. The van der Waals surface area contributed by atoms with Crippen molar-refractivity contribution in [1.82, 2.24) is 19.9 Å². The Hall–Kier alpha value is -2.70. The number of aromatic nitrogens is 4. The Labute approximate surface area is 134 Å². The van der Waals surface area contributed by atoms with Gasteiger partial charge in [0.1, 0.15) is 5.69 Å². The molecule has 0 radical (unpaired) electrons. The minimum Gasteiger partial charge on any atom is -0.326 e. The third-order valence-electron chi connectivity index (χ3n) is 3.51. The molecule has 3 aromatic rings. The summed E-state index contributed by atoms with van der Waals surface area (Å²) in [6, 6.07) is 10.7. The van der Waals surface area contributed by atoms with Crippen LogP contribution in [0.4, 0.5) is 0 Å². The first-order valence-corrected chi connectivity index (χ1v) is 7.37. The van der Waals surface area contributed by atoms with Crippen molar-refractivity contribution in [2.75, 3.05) is 0 Å². The van der Waals surface area contributed by atoms with Gasteiger partial charge in [0.2, 0.25) is 0 Å². The quantitative estimate of drug-likeness (QED) is 0.763. The fourth-order valence-corrected chi connectivity index (χ4v) is 2.18. The SMILES string of the molecule is CC(N)C(N)c1cc(-c2cccnc2)nc(-c2ccccn2)n1. The topological polar surface area (TPSA) is 104 Å². The maximum Gasteiger partial charge on any atom is 0.179 e. The molecule has 3 rings (SSSR count). The standard InChI is InChI=1S/C17H18N6/c1-11(18)16(19)15-9-14(12-5-4-7-20-10-12)22-17(23-15)13-6-2-3-8-21-13/h2-11,16H,18-19H2,1H3. The van der Waals surface area contributed by atoms with E-state index in [4.69, 9.17) is 11.5 Å². The molecule has 0 saturated heterocycles. The summed E-state index contributed by atoms with van der Waals surface area (Å²) >= 11 is 0. The average molecular weight is 306 g/mol. The van der Waals surface area contributed by atoms with Crippen LogP contribution in [0.2, 0.25) is 0 Å². The van der Waals surface area contributed by atoms with Crippen molar-refractivity contribution in [1.29, 1.82) is 0 Å². The van der Waals surface area contributed by atoms with Crippen molar-refractivity contribution in [3.63, 3.8) is 0 Å². The van der Waals surface area contributed by atoms with Gasteiger partial charge in [-0.15, -0.1) is 0 Å². The third-order valence-corrected chi connectivity index (χ3v) is 3.51. The van der Waals surface area contributed by atoms with Gasteiger partial charge in [0, 0.05) is 30.2 Å². The van der Waals surface area contributed by atoms with Crippen LogP contribution >= 0.6 is 0 Å². The van der Waals surface area contributed by atoms with Crippen molar-refractivity contribution in [3.05, 3.63) is 60.7 Å². The van der Waals surface area contributed by atoms with E-state index in [0.717, 1.165) is 11.3 Å². The zero-order valence-electron chi connectivity index (χ0n) is 12.8. The molecule has 0 amide bonds. The van der Waals surface area contributed by atoms with Gasteiger partial charge >= 0.3 is 0 Å². The lowest BCUT2D eigenvalue weighted by atomic mass is 10.1. The summed E-state index contributed by atoms with van der Waals surface area (Å²) in [5.41, 5.74) is 15.1. The van der Waals surface area contributed by atoms with Gasteiger partial charge in [-0.3, -0.25) is 9.97 Å². The Morgan fingerprint density at radius 2 is 1.83 bits per heavy atom. The minimum absolute atomic E-state index is 0.219. The molecule has 0 aliphatic rings. The van der Waals surface area contributed by atoms with Gasteiger partial charge in [-0.1, -0.05) is 6.07 Å². The highest BCUT2D eigenvalue weighted by Gasteiger charge is 2.17. The zero-order valence-corrected chi connectivity index (χ0v) is 12.8. The second-order valence-electron chi connectivity index (χ2n) is 5.34. The van der Waals surface area contributed by atoms with Crippen LogP contribution in [0.1, 0.15) is 18.7 Å². The van der Waals surface area contributed by atoms with E-state index in [-0.39, 0.29) is 12.1 Å². The van der Waals surface area contributed by atoms with Crippen LogP contribution in [-0.4, -0.2) is 26.0 Å². The second kappa shape index (κ2) is 6.60. The van der Waals surface area contributed by atoms with Crippen LogP contribution in [0, 0.1) is 0 Å². The zero-order chi connectivity index (χ0) is 16.2. The molecule has 6 heteroatoms. The fourth-order valence-electron chi connectivity index (χ4n) is 2.18. The largest absolute Gasteiger partial charge is 0.326 e. The Balaban J connectivity index is 2.15. The van der Waals surface area contributed by atoms with Gasteiger partial charge in [-0.25, -0.2) is 9.97 Å². The van der Waals surface area contributed by atoms with Crippen LogP contribution in [0.15, 0.2) is 55.0 Å². The smallest absolute Gasteiger partial charge is 0.179 e. The predicted octanol–water partition coefficient (Wildman–Crippen LogP) is 1.95. The fraction of sp³-hybridized carbons (Fsp3) is 0.176. The Morgan fingerprint density at radius 3 is 2.48 bits per heavy atom. The van der Waals surface area contributed by atoms with E-state index >= 15 is 0 Å². The molecule has 0 aromatic carbocycles. The molecule has 2 atom stereocenters. The number of rotatable bonds is 4. The molecule has 0 aliphatic heterocycles. The summed E-state index contributed by atoms with van der Waals surface area (Å²) < 4.78 is 0. The molecule has 0 fully saturated rings. The highest BCUT2D eigenvalue weighted by Crippen LogP contribution is 2.23. The van der Waals surface area contributed by atoms with Crippen LogP contribution in [0.5, 0.6) is 0 Å². The molecular formula is C17H18N6. The van der Waals surface area contributed by atoms with Crippen LogP contribution < -0.4 is 11.5 Å². The van der Waals surface area contributed by atoms with Gasteiger partial charge < -0.3 is 11.5 Å². The van der Waals surface area contributed by atoms with Gasteiger partial charge in [-0.2, -0.15) is 0 Å². The van der Waals surface area contributed by atoms with Crippen LogP contribution in [-0.2, 0) is 0 Å². The summed E-state index contributed by atoms with van der Waals surface area (Å²) in [6.07, 6.45) is 5.19. The number of hydrogen-bond acceptors (Lipinski definition) is 6. The van der Waals surface area contributed by atoms with Gasteiger partial charge in [0.05, 0.1) is 17.4 Å². The molecular weight excluding hydrogens is 288 g/mol. The number of nitrogens with two attached hydrogens (primary N) is 2. The van der Waals surface area contributed by atoms with E-state index in [1.165, 1.54) is 0 Å². The van der Waals surface area contributed by atoms with E-state index in [0.29, 0.717) is 17.2 Å². The third kappa shape index (κ3) is 3.39. The van der Waals surface area contributed by atoms with Gasteiger partial charge in [0.15, 0.2) is 5.82 Å². The maximum absolute atomic E-state index is 6.18. The first-order chi connectivity index (χ1) is 11.1. The highest BCUT2D eigenvalue weighted by molar-refractivity contribution is 5.62. The summed E-state index contributed by atoms with van der Waals surface area (Å²) in [7, 11) is 0. The molecule has 3 heterocycles. The first-order valence-electron chi connectivity index (χ1n) is 7.37. The van der Waals surface area contributed by atoms with E-state index in [9.17, 15) is 0 Å². The number of nitrogens with zero attached hydrogens (tertiary/aromatic N) is 4. The second-order valence-corrected chi connectivity index (χ2v) is 5.34. The average Bonchev–Trinajstić information content (AvgIpc) is 2.62. The van der Waals surface area contributed by atoms with E-state index in [1.807, 2.05) is 43.3 Å². The lowest BCUT2D eigenvalue weighted by Crippen LogP contribution is -2.32. The molecule has 23 heavy (non-hydrogen) atoms. The molecule has 3 aromatic heterocycles. The monoisotopic (exact) mass is 306 g/mol. The molecule has 0 spiro atoms. The van der Waals surface area contributed by atoms with E-state index in [2.05, 4.69) is 19.9 Å². The van der Waals surface area contributed by atoms with Crippen molar-refractivity contribution in [3.8, 4) is 22.8 Å². The van der Waals surface area contributed by atoms with Crippen LogP contribution in [0.3, 0.4) is 0 Å². The normalized spacial score (nSPS) is 13.5. The molecule has 2 unspecified atom stereocenters. The van der Waals surface area contributed by atoms with Crippen molar-refractivity contribution in [2.24, 2.45) is 11.5 Å². The van der Waals surface area contributed by atoms with Crippen molar-refractivity contribution in [2.45, 2.75) is 19.0 Å². The Morgan fingerprint density at radius 1 is 0.957 bits per heavy atom. The van der Waals surface area contributed by atoms with Crippen molar-refractivity contribution < 1.29 is 0 Å². The van der Waals surface area contributed by atoms with E-state index in [1.54, 1.807) is 18.6 Å². The summed E-state index contributed by atoms with van der Waals surface area (Å²) in [6.45, 7) is 1.86. The summed E-state index contributed by atoms with van der Waals surface area (Å²) in [5.74, 6) is 0.526. The Kier molecular flexibility index (Phi) is 4.36. The van der Waals surface area contributed by atoms with Crippen molar-refractivity contribution >= 4 is 0 Å². The number of hydrogen-bond donors (Lipinski definition) is 2. The molecule has 0 saturated carbocycles. The highest BCUT2D eigenvalue weighted by atomic mass is 15.0. The summed E-state index contributed by atoms with van der Waals surface area (Å²) in [4.78, 5) is 17.6. The lowest BCUT2D eigenvalue weighted by Gasteiger charge is -2.16. The summed E-state index contributed by atoms with van der Waals surface area (Å²) in [5, 5.41) is 0. The maximum atomic E-state index is 6.18. The molecule has 6 nitrogen and oxygen atoms in total. The molecule has 4 N–H and O–H groups in total. The van der Waals surface area contributed by atoms with Gasteiger partial charge in [-0.05, 0) is 37.3 Å². The predicted molar refractivity (Wildman–Crippen MR) is 89.1 cm³/mol. The van der Waals surface area contributed by atoms with Gasteiger partial charge in [0.25, 0.3) is 0 Å². The van der Waals surface area contributed by atoms with E-state index < -0.39 is 0 Å².